The molecule has 3 heterocycles. The number of hydrazine groups is 1. The maximum atomic E-state index is 13.4. The summed E-state index contributed by atoms with van der Waals surface area (Å²) in [7, 11) is 0. The number of carbonyl (C=O) groups is 4. The van der Waals surface area contributed by atoms with E-state index in [1.165, 1.54) is 14.9 Å². The minimum atomic E-state index is -1.33. The van der Waals surface area contributed by atoms with Gasteiger partial charge in [-0.2, -0.15) is 5.06 Å². The lowest BCUT2D eigenvalue weighted by Crippen LogP contribution is -2.70. The van der Waals surface area contributed by atoms with E-state index < -0.39 is 34.9 Å². The monoisotopic (exact) mass is 501 g/mol. The van der Waals surface area contributed by atoms with Crippen molar-refractivity contribution in [2.45, 2.75) is 77.1 Å². The Hall–Kier alpha value is -3.34. The van der Waals surface area contributed by atoms with Crippen LogP contribution >= 0.6 is 0 Å². The summed E-state index contributed by atoms with van der Waals surface area (Å²) in [6, 6.07) is 8.24. The molecule has 3 fully saturated rings. The molecule has 3 N–H and O–H groups in total. The van der Waals surface area contributed by atoms with E-state index in [1.54, 1.807) is 0 Å². The number of amides is 5. The van der Waals surface area contributed by atoms with Crippen molar-refractivity contribution in [2.75, 3.05) is 13.1 Å². The van der Waals surface area contributed by atoms with E-state index in [0.29, 0.717) is 38.6 Å². The van der Waals surface area contributed by atoms with Crippen LogP contribution < -0.4 is 10.9 Å². The average Bonchev–Trinajstić information content (AvgIpc) is 3.09. The lowest BCUT2D eigenvalue weighted by atomic mass is 9.67. The Morgan fingerprint density at radius 1 is 1.11 bits per heavy atom. The summed E-state index contributed by atoms with van der Waals surface area (Å²) in [6.45, 7) is 6.33. The molecule has 0 saturated carbocycles. The maximum absolute atomic E-state index is 13.4. The first-order chi connectivity index (χ1) is 17.1. The van der Waals surface area contributed by atoms with Crippen molar-refractivity contribution >= 4 is 23.9 Å². The lowest BCUT2D eigenvalue weighted by molar-refractivity contribution is -0.147. The van der Waals surface area contributed by atoms with E-state index in [2.05, 4.69) is 10.9 Å². The molecule has 0 spiro atoms. The summed E-state index contributed by atoms with van der Waals surface area (Å²) in [6.07, 6.45) is 1.58. The molecule has 196 valence electrons. The number of urea groups is 1. The minimum absolute atomic E-state index is 0.143. The van der Waals surface area contributed by atoms with Crippen molar-refractivity contribution in [1.29, 1.82) is 0 Å². The SMILES string of the molecule is CC(C)(C)[C@]1(C(=O)NNC(=O)[C@@H]2CC[C@@H]3CN2C(=O)N3OCc2ccccc2)CCCCN1C(=O)O. The van der Waals surface area contributed by atoms with Crippen LogP contribution in [0.15, 0.2) is 30.3 Å². The summed E-state index contributed by atoms with van der Waals surface area (Å²) < 4.78 is 0. The number of hydrogen-bond donors (Lipinski definition) is 3. The van der Waals surface area contributed by atoms with Crippen LogP contribution in [0.1, 0.15) is 58.4 Å². The molecule has 3 aliphatic heterocycles. The number of hydroxylamine groups is 2. The Balaban J connectivity index is 1.40. The molecule has 3 saturated heterocycles. The summed E-state index contributed by atoms with van der Waals surface area (Å²) in [5, 5.41) is 11.2. The number of fused-ring (bicyclic) bond motifs is 2. The van der Waals surface area contributed by atoms with Crippen LogP contribution in [0.5, 0.6) is 0 Å². The van der Waals surface area contributed by atoms with E-state index in [9.17, 15) is 24.3 Å². The molecule has 0 aliphatic carbocycles. The maximum Gasteiger partial charge on any atom is 0.408 e. The molecular weight excluding hydrogens is 466 g/mol. The van der Waals surface area contributed by atoms with Crippen molar-refractivity contribution < 1.29 is 29.1 Å². The molecule has 1 aromatic rings. The Morgan fingerprint density at radius 2 is 1.83 bits per heavy atom. The zero-order valence-corrected chi connectivity index (χ0v) is 21.0. The second-order valence-electron chi connectivity index (χ2n) is 10.7. The zero-order valence-electron chi connectivity index (χ0n) is 21.0. The van der Waals surface area contributed by atoms with E-state index in [-0.39, 0.29) is 25.2 Å². The predicted molar refractivity (Wildman–Crippen MR) is 129 cm³/mol. The van der Waals surface area contributed by atoms with E-state index in [4.69, 9.17) is 4.84 Å². The van der Waals surface area contributed by atoms with Gasteiger partial charge in [-0.05, 0) is 43.1 Å². The Kier molecular flexibility index (Phi) is 7.12. The predicted octanol–water partition coefficient (Wildman–Crippen LogP) is 2.48. The van der Waals surface area contributed by atoms with Gasteiger partial charge in [0, 0.05) is 13.1 Å². The van der Waals surface area contributed by atoms with Gasteiger partial charge in [-0.25, -0.2) is 9.59 Å². The third-order valence-corrected chi connectivity index (χ3v) is 7.62. The number of benzene rings is 1. The standard InChI is InChI=1S/C25H35N5O6/c1-24(2,3)25(13-7-8-14-29(25)23(34)35)21(32)27-26-20(31)19-12-11-18-15-28(19)22(33)30(18)36-16-17-9-5-4-6-10-17/h4-6,9-10,18-19H,7-8,11-16H2,1-3H3,(H,26,31)(H,27,32)(H,34,35)/t18-,19+,25-/m1/s1. The Bertz CT molecular complexity index is 1010. The van der Waals surface area contributed by atoms with Crippen LogP contribution in [0.25, 0.3) is 0 Å². The number of likely N-dealkylation sites (tertiary alicyclic amines) is 1. The fourth-order valence-electron chi connectivity index (χ4n) is 5.69. The summed E-state index contributed by atoms with van der Waals surface area (Å²) in [5.74, 6) is -1.08. The molecule has 4 rings (SSSR count). The largest absolute Gasteiger partial charge is 0.465 e. The van der Waals surface area contributed by atoms with Crippen molar-refractivity contribution in [3.8, 4) is 0 Å². The molecule has 11 heteroatoms. The van der Waals surface area contributed by atoms with Crippen LogP contribution in [-0.2, 0) is 21.0 Å². The molecule has 3 atom stereocenters. The highest BCUT2D eigenvalue weighted by molar-refractivity contribution is 5.94. The topological polar surface area (TPSA) is 132 Å². The van der Waals surface area contributed by atoms with E-state index in [0.717, 1.165) is 5.56 Å². The molecule has 3 aliphatic rings. The first-order valence-corrected chi connectivity index (χ1v) is 12.4. The molecule has 5 amide bonds. The lowest BCUT2D eigenvalue weighted by Gasteiger charge is -2.51. The number of carboxylic acid groups (broad SMARTS) is 1. The molecule has 0 radical (unpaired) electrons. The highest BCUT2D eigenvalue weighted by Crippen LogP contribution is 2.43. The third kappa shape index (κ3) is 4.59. The van der Waals surface area contributed by atoms with Gasteiger partial charge in [0.1, 0.15) is 18.2 Å². The quantitative estimate of drug-likeness (QED) is 0.531. The number of hydrogen-bond acceptors (Lipinski definition) is 5. The first kappa shape index (κ1) is 25.7. The second-order valence-corrected chi connectivity index (χ2v) is 10.7. The number of piperidine rings is 2. The van der Waals surface area contributed by atoms with Crippen LogP contribution in [0.4, 0.5) is 9.59 Å². The van der Waals surface area contributed by atoms with Gasteiger partial charge in [0.2, 0.25) is 0 Å². The first-order valence-electron chi connectivity index (χ1n) is 12.4. The highest BCUT2D eigenvalue weighted by atomic mass is 16.7. The summed E-state index contributed by atoms with van der Waals surface area (Å²) in [5.41, 5.74) is 3.86. The fraction of sp³-hybridized carbons (Fsp3) is 0.600. The van der Waals surface area contributed by atoms with Crippen molar-refractivity contribution in [1.82, 2.24) is 25.7 Å². The van der Waals surface area contributed by atoms with E-state index >= 15 is 0 Å². The molecule has 11 nitrogen and oxygen atoms in total. The van der Waals surface area contributed by atoms with Gasteiger partial charge in [-0.3, -0.25) is 30.2 Å². The normalized spacial score (nSPS) is 26.1. The molecule has 0 unspecified atom stereocenters. The van der Waals surface area contributed by atoms with Gasteiger partial charge in [0.15, 0.2) is 0 Å². The van der Waals surface area contributed by atoms with Gasteiger partial charge in [-0.15, -0.1) is 0 Å². The zero-order chi connectivity index (χ0) is 26.1. The van der Waals surface area contributed by atoms with Crippen LogP contribution in [-0.4, -0.2) is 74.6 Å². The number of carbonyl (C=O) groups excluding carboxylic acids is 3. The van der Waals surface area contributed by atoms with Gasteiger partial charge in [0.25, 0.3) is 11.8 Å². The van der Waals surface area contributed by atoms with Crippen LogP contribution in [0.2, 0.25) is 0 Å². The van der Waals surface area contributed by atoms with Crippen LogP contribution in [0, 0.1) is 5.41 Å². The van der Waals surface area contributed by atoms with Gasteiger partial charge < -0.3 is 10.0 Å². The Morgan fingerprint density at radius 3 is 2.50 bits per heavy atom. The van der Waals surface area contributed by atoms with Gasteiger partial charge in [0.05, 0.1) is 6.04 Å². The fourth-order valence-corrected chi connectivity index (χ4v) is 5.69. The molecule has 1 aromatic carbocycles. The average molecular weight is 502 g/mol. The van der Waals surface area contributed by atoms with Gasteiger partial charge >= 0.3 is 12.1 Å². The highest BCUT2D eigenvalue weighted by Gasteiger charge is 2.56. The molecule has 36 heavy (non-hydrogen) atoms. The second kappa shape index (κ2) is 9.96. The number of nitrogens with one attached hydrogen (secondary N) is 2. The summed E-state index contributed by atoms with van der Waals surface area (Å²) >= 11 is 0. The van der Waals surface area contributed by atoms with Crippen molar-refractivity contribution in [3.05, 3.63) is 35.9 Å². The molecule has 0 aromatic heterocycles. The van der Waals surface area contributed by atoms with Gasteiger partial charge in [-0.1, -0.05) is 51.1 Å². The Labute approximate surface area is 210 Å². The van der Waals surface area contributed by atoms with Crippen LogP contribution in [0.3, 0.4) is 0 Å². The third-order valence-electron chi connectivity index (χ3n) is 7.62. The minimum Gasteiger partial charge on any atom is -0.465 e. The van der Waals surface area contributed by atoms with Crippen molar-refractivity contribution in [2.24, 2.45) is 5.41 Å². The van der Waals surface area contributed by atoms with E-state index in [1.807, 2.05) is 51.1 Å². The number of nitrogens with zero attached hydrogens (tertiary/aromatic N) is 3. The summed E-state index contributed by atoms with van der Waals surface area (Å²) in [4.78, 5) is 59.9. The smallest absolute Gasteiger partial charge is 0.408 e. The van der Waals surface area contributed by atoms with Crippen molar-refractivity contribution in [3.63, 3.8) is 0 Å². The molecule has 2 bridgehead atoms. The molecular formula is C25H35N5O6. The number of rotatable bonds is 5.